The van der Waals surface area contributed by atoms with Gasteiger partial charge >= 0.3 is 0 Å². The molecule has 1 aliphatic rings. The van der Waals surface area contributed by atoms with Crippen LogP contribution in [0.5, 0.6) is 0 Å². The second kappa shape index (κ2) is 6.45. The van der Waals surface area contributed by atoms with Crippen molar-refractivity contribution >= 4 is 11.8 Å². The molecule has 1 aromatic rings. The fraction of sp³-hybridized carbons (Fsp3) is 0.429. The van der Waals surface area contributed by atoms with E-state index >= 15 is 0 Å². The van der Waals surface area contributed by atoms with Crippen molar-refractivity contribution in [3.63, 3.8) is 0 Å². The molecule has 0 bridgehead atoms. The molecule has 0 amide bonds. The maximum absolute atomic E-state index is 10.9. The van der Waals surface area contributed by atoms with Crippen molar-refractivity contribution in [1.29, 1.82) is 0 Å². The zero-order valence-electron chi connectivity index (χ0n) is 11.1. The summed E-state index contributed by atoms with van der Waals surface area (Å²) < 4.78 is 0. The average molecular weight is 261 g/mol. The van der Waals surface area contributed by atoms with Gasteiger partial charge in [0.15, 0.2) is 0 Å². The molecule has 19 heavy (non-hydrogen) atoms. The van der Waals surface area contributed by atoms with Crippen molar-refractivity contribution in [3.05, 3.63) is 46.0 Å². The monoisotopic (exact) mass is 261 g/mol. The highest BCUT2D eigenvalue weighted by Gasteiger charge is 2.14. The average Bonchev–Trinajstić information content (AvgIpc) is 2.39. The molecule has 2 rings (SSSR count). The van der Waals surface area contributed by atoms with Gasteiger partial charge in [0.25, 0.3) is 5.69 Å². The Kier molecular flexibility index (Phi) is 4.65. The number of nitro groups is 1. The zero-order valence-corrected chi connectivity index (χ0v) is 11.1. The summed E-state index contributed by atoms with van der Waals surface area (Å²) in [5.41, 5.74) is 0.822. The largest absolute Gasteiger partial charge is 0.312 e. The van der Waals surface area contributed by atoms with Crippen molar-refractivity contribution in [3.8, 4) is 0 Å². The van der Waals surface area contributed by atoms with E-state index in [2.05, 4.69) is 17.1 Å². The molecule has 5 nitrogen and oxygen atoms in total. The van der Waals surface area contributed by atoms with E-state index < -0.39 is 0 Å². The van der Waals surface area contributed by atoms with Crippen molar-refractivity contribution in [1.82, 2.24) is 10.2 Å². The zero-order chi connectivity index (χ0) is 13.7. The summed E-state index contributed by atoms with van der Waals surface area (Å²) in [7, 11) is 0. The van der Waals surface area contributed by atoms with Gasteiger partial charge in [-0.25, -0.2) is 0 Å². The van der Waals surface area contributed by atoms with Crippen LogP contribution in [-0.4, -0.2) is 42.0 Å². The minimum atomic E-state index is -0.341. The topological polar surface area (TPSA) is 58.4 Å². The highest BCUT2D eigenvalue weighted by molar-refractivity contribution is 5.60. The molecule has 0 unspecified atom stereocenters. The Morgan fingerprint density at radius 2 is 2.32 bits per heavy atom. The second-order valence-corrected chi connectivity index (χ2v) is 4.83. The van der Waals surface area contributed by atoms with Gasteiger partial charge in [0.2, 0.25) is 0 Å². The predicted octanol–water partition coefficient (Wildman–Crippen LogP) is 1.90. The SMILES string of the molecule is C[C@@H]1CN(C/C=C/c2ccccc2[N+](=O)[O-])CCN1. The molecular formula is C14H19N3O2. The molecule has 0 aromatic heterocycles. The first-order valence-electron chi connectivity index (χ1n) is 6.52. The molecule has 1 heterocycles. The van der Waals surface area contributed by atoms with Crippen LogP contribution < -0.4 is 5.32 Å². The normalized spacial score (nSPS) is 20.8. The number of para-hydroxylation sites is 1. The van der Waals surface area contributed by atoms with Crippen LogP contribution in [0.15, 0.2) is 30.3 Å². The van der Waals surface area contributed by atoms with E-state index in [1.165, 1.54) is 6.07 Å². The van der Waals surface area contributed by atoms with Crippen molar-refractivity contribution < 1.29 is 4.92 Å². The Hall–Kier alpha value is -1.72. The van der Waals surface area contributed by atoms with E-state index in [4.69, 9.17) is 0 Å². The Morgan fingerprint density at radius 3 is 3.05 bits per heavy atom. The number of benzene rings is 1. The highest BCUT2D eigenvalue weighted by Crippen LogP contribution is 2.18. The number of piperazine rings is 1. The van der Waals surface area contributed by atoms with Gasteiger partial charge in [-0.1, -0.05) is 24.3 Å². The first kappa shape index (κ1) is 13.7. The molecule has 0 spiro atoms. The fourth-order valence-electron chi connectivity index (χ4n) is 2.30. The van der Waals surface area contributed by atoms with Gasteiger partial charge in [-0.15, -0.1) is 0 Å². The summed E-state index contributed by atoms with van der Waals surface area (Å²) in [4.78, 5) is 12.9. The lowest BCUT2D eigenvalue weighted by atomic mass is 10.1. The number of rotatable bonds is 4. The Morgan fingerprint density at radius 1 is 1.53 bits per heavy atom. The lowest BCUT2D eigenvalue weighted by Crippen LogP contribution is -2.49. The van der Waals surface area contributed by atoms with Crippen LogP contribution in [0.2, 0.25) is 0 Å². The molecule has 5 heteroatoms. The summed E-state index contributed by atoms with van der Waals surface area (Å²) in [5.74, 6) is 0. The molecule has 0 aliphatic carbocycles. The van der Waals surface area contributed by atoms with Crippen LogP contribution in [0.3, 0.4) is 0 Å². The Labute approximate surface area is 113 Å². The van der Waals surface area contributed by atoms with Crippen LogP contribution >= 0.6 is 0 Å². The number of nitro benzene ring substituents is 1. The second-order valence-electron chi connectivity index (χ2n) is 4.83. The van der Waals surface area contributed by atoms with Gasteiger partial charge in [-0.05, 0) is 13.0 Å². The fourth-order valence-corrected chi connectivity index (χ4v) is 2.30. The molecule has 1 fully saturated rings. The van der Waals surface area contributed by atoms with E-state index in [1.54, 1.807) is 12.1 Å². The number of hydrogen-bond donors (Lipinski definition) is 1. The van der Waals surface area contributed by atoms with Gasteiger partial charge in [-0.3, -0.25) is 15.0 Å². The third-order valence-corrected chi connectivity index (χ3v) is 3.25. The smallest absolute Gasteiger partial charge is 0.276 e. The minimum Gasteiger partial charge on any atom is -0.312 e. The van der Waals surface area contributed by atoms with Gasteiger partial charge in [-0.2, -0.15) is 0 Å². The lowest BCUT2D eigenvalue weighted by Gasteiger charge is -2.30. The molecule has 1 aliphatic heterocycles. The van der Waals surface area contributed by atoms with Crippen LogP contribution in [0.1, 0.15) is 12.5 Å². The summed E-state index contributed by atoms with van der Waals surface area (Å²) in [5, 5.41) is 14.3. The Bertz CT molecular complexity index is 474. The highest BCUT2D eigenvalue weighted by atomic mass is 16.6. The van der Waals surface area contributed by atoms with Crippen molar-refractivity contribution in [2.45, 2.75) is 13.0 Å². The third kappa shape index (κ3) is 3.87. The Balaban J connectivity index is 1.97. The van der Waals surface area contributed by atoms with Gasteiger partial charge < -0.3 is 5.32 Å². The van der Waals surface area contributed by atoms with Crippen LogP contribution in [0, 0.1) is 10.1 Å². The van der Waals surface area contributed by atoms with Crippen molar-refractivity contribution in [2.75, 3.05) is 26.2 Å². The summed E-state index contributed by atoms with van der Waals surface area (Å²) in [6, 6.07) is 7.32. The maximum Gasteiger partial charge on any atom is 0.276 e. The first-order chi connectivity index (χ1) is 9.16. The molecular weight excluding hydrogens is 242 g/mol. The summed E-state index contributed by atoms with van der Waals surface area (Å²) >= 11 is 0. The quantitative estimate of drug-likeness (QED) is 0.664. The summed E-state index contributed by atoms with van der Waals surface area (Å²) in [6.45, 7) is 6.03. The first-order valence-corrected chi connectivity index (χ1v) is 6.52. The standard InChI is InChI=1S/C14H19N3O2/c1-12-11-16(10-8-15-12)9-4-6-13-5-2-3-7-14(13)17(18)19/h2-7,12,15H,8-11H2,1H3/b6-4+/t12-/m1/s1. The van der Waals surface area contributed by atoms with Gasteiger partial charge in [0.05, 0.1) is 10.5 Å². The summed E-state index contributed by atoms with van der Waals surface area (Å²) in [6.07, 6.45) is 3.84. The van der Waals surface area contributed by atoms with Crippen LogP contribution in [0.4, 0.5) is 5.69 Å². The van der Waals surface area contributed by atoms with Gasteiger partial charge in [0.1, 0.15) is 0 Å². The number of nitrogens with one attached hydrogen (secondary N) is 1. The third-order valence-electron chi connectivity index (χ3n) is 3.25. The molecule has 0 saturated carbocycles. The van der Waals surface area contributed by atoms with Crippen LogP contribution in [-0.2, 0) is 0 Å². The molecule has 0 radical (unpaired) electrons. The number of hydrogen-bond acceptors (Lipinski definition) is 4. The molecule has 1 aromatic carbocycles. The van der Waals surface area contributed by atoms with E-state index in [0.717, 1.165) is 26.2 Å². The number of nitrogens with zero attached hydrogens (tertiary/aromatic N) is 2. The van der Waals surface area contributed by atoms with E-state index in [-0.39, 0.29) is 10.6 Å². The van der Waals surface area contributed by atoms with Crippen molar-refractivity contribution in [2.24, 2.45) is 0 Å². The van der Waals surface area contributed by atoms with E-state index in [0.29, 0.717) is 11.6 Å². The molecule has 1 saturated heterocycles. The van der Waals surface area contributed by atoms with Crippen LogP contribution in [0.25, 0.3) is 6.08 Å². The molecule has 102 valence electrons. The predicted molar refractivity (Wildman–Crippen MR) is 76.0 cm³/mol. The van der Waals surface area contributed by atoms with E-state index in [9.17, 15) is 10.1 Å². The maximum atomic E-state index is 10.9. The minimum absolute atomic E-state index is 0.160. The van der Waals surface area contributed by atoms with Gasteiger partial charge in [0, 0.05) is 38.3 Å². The molecule has 1 atom stereocenters. The molecule has 1 N–H and O–H groups in total. The van der Waals surface area contributed by atoms with E-state index in [1.807, 2.05) is 18.2 Å². The lowest BCUT2D eigenvalue weighted by molar-refractivity contribution is -0.385.